The van der Waals surface area contributed by atoms with Crippen LogP contribution in [0.3, 0.4) is 0 Å². The van der Waals surface area contributed by atoms with Crippen LogP contribution in [0.25, 0.3) is 11.1 Å². The Morgan fingerprint density at radius 3 is 1.97 bits per heavy atom. The highest BCUT2D eigenvalue weighted by molar-refractivity contribution is 5.87. The van der Waals surface area contributed by atoms with Crippen LogP contribution in [-0.2, 0) is 25.6 Å². The van der Waals surface area contributed by atoms with Gasteiger partial charge in [0, 0.05) is 5.92 Å². The quantitative estimate of drug-likeness (QED) is 0.364. The van der Waals surface area contributed by atoms with Gasteiger partial charge in [-0.05, 0) is 48.6 Å². The third kappa shape index (κ3) is 7.58. The summed E-state index contributed by atoms with van der Waals surface area (Å²) in [5.74, 6) is -0.813. The third-order valence-electron chi connectivity index (χ3n) is 6.14. The molecule has 3 aromatic rings. The van der Waals surface area contributed by atoms with Crippen molar-refractivity contribution in [2.45, 2.75) is 44.9 Å². The monoisotopic (exact) mass is 531 g/mol. The number of alkyl carbamates (subject to hydrolysis) is 1. The van der Waals surface area contributed by atoms with E-state index in [2.05, 4.69) is 28.3 Å². The number of amides is 3. The zero-order chi connectivity index (χ0) is 27.8. The Kier molecular flexibility index (Phi) is 8.83. The number of hydrogen-bond donors (Lipinski definition) is 3. The summed E-state index contributed by atoms with van der Waals surface area (Å²) in [5.41, 5.74) is 9.08. The van der Waals surface area contributed by atoms with Crippen LogP contribution in [0, 0.1) is 0 Å². The molecule has 9 nitrogen and oxygen atoms in total. The van der Waals surface area contributed by atoms with Gasteiger partial charge in [-0.15, -0.1) is 0 Å². The number of nitrogens with one attached hydrogen (secondary N) is 3. The lowest BCUT2D eigenvalue weighted by molar-refractivity contribution is -0.127. The lowest BCUT2D eigenvalue weighted by Gasteiger charge is -2.24. The second kappa shape index (κ2) is 12.4. The molecule has 1 aliphatic carbocycles. The Morgan fingerprint density at radius 1 is 0.769 bits per heavy atom. The minimum Gasteiger partial charge on any atom is -0.449 e. The molecule has 3 aromatic carbocycles. The van der Waals surface area contributed by atoms with Gasteiger partial charge in [-0.2, -0.15) is 0 Å². The predicted molar refractivity (Wildman–Crippen MR) is 146 cm³/mol. The van der Waals surface area contributed by atoms with E-state index in [4.69, 9.17) is 14.2 Å². The molecule has 3 N–H and O–H groups in total. The van der Waals surface area contributed by atoms with Crippen molar-refractivity contribution in [2.75, 3.05) is 13.2 Å². The highest BCUT2D eigenvalue weighted by Crippen LogP contribution is 2.44. The maximum absolute atomic E-state index is 12.8. The number of rotatable bonds is 8. The zero-order valence-corrected chi connectivity index (χ0v) is 22.2. The van der Waals surface area contributed by atoms with Gasteiger partial charge in [-0.25, -0.2) is 15.0 Å². The van der Waals surface area contributed by atoms with Crippen LogP contribution in [0.5, 0.6) is 0 Å². The van der Waals surface area contributed by atoms with Crippen molar-refractivity contribution in [3.63, 3.8) is 0 Å². The number of ether oxygens (including phenoxy) is 3. The first-order valence-electron chi connectivity index (χ1n) is 12.7. The molecule has 0 radical (unpaired) electrons. The van der Waals surface area contributed by atoms with Crippen LogP contribution < -0.4 is 16.2 Å². The van der Waals surface area contributed by atoms with Crippen LogP contribution in [0.4, 0.5) is 9.59 Å². The molecule has 3 amide bonds. The Balaban J connectivity index is 1.33. The van der Waals surface area contributed by atoms with Gasteiger partial charge in [0.1, 0.15) is 19.3 Å². The molecule has 0 saturated heterocycles. The summed E-state index contributed by atoms with van der Waals surface area (Å²) in [6, 6.07) is 24.0. The SMILES string of the molecule is CC(C)(C)OC[C@H](NC(=O)OCC1c2ccccc2-c2ccccc21)C(=O)NNC(=O)OCc1ccccc1. The first kappa shape index (κ1) is 27.7. The Morgan fingerprint density at radius 2 is 1.36 bits per heavy atom. The van der Waals surface area contributed by atoms with E-state index in [1.54, 1.807) is 0 Å². The summed E-state index contributed by atoms with van der Waals surface area (Å²) in [7, 11) is 0. The standard InChI is InChI=1S/C30H33N3O6/c1-30(2,3)39-19-26(27(34)32-33-29(36)37-17-20-11-5-4-6-12-20)31-28(35)38-18-25-23-15-9-7-13-21(23)22-14-8-10-16-24(22)25/h4-16,25-26H,17-19H2,1-3H3,(H,31,35)(H,32,34)(H,33,36)/t26-/m0/s1. The Bertz CT molecular complexity index is 1260. The molecule has 9 heteroatoms. The van der Waals surface area contributed by atoms with E-state index in [-0.39, 0.29) is 25.7 Å². The largest absolute Gasteiger partial charge is 0.449 e. The fraction of sp³-hybridized carbons (Fsp3) is 0.300. The molecular weight excluding hydrogens is 498 g/mol. The van der Waals surface area contributed by atoms with Crippen molar-refractivity contribution < 1.29 is 28.6 Å². The van der Waals surface area contributed by atoms with Crippen molar-refractivity contribution in [2.24, 2.45) is 0 Å². The molecule has 1 atom stereocenters. The van der Waals surface area contributed by atoms with Crippen molar-refractivity contribution in [3.8, 4) is 11.1 Å². The van der Waals surface area contributed by atoms with Crippen LogP contribution in [-0.4, -0.2) is 43.0 Å². The highest BCUT2D eigenvalue weighted by atomic mass is 16.6. The lowest BCUT2D eigenvalue weighted by atomic mass is 9.98. The summed E-state index contributed by atoms with van der Waals surface area (Å²) in [6.07, 6.45) is -1.62. The minimum atomic E-state index is -1.13. The molecule has 0 saturated carbocycles. The van der Waals surface area contributed by atoms with Crippen LogP contribution in [0.15, 0.2) is 78.9 Å². The van der Waals surface area contributed by atoms with Gasteiger partial charge in [0.25, 0.3) is 5.91 Å². The molecule has 1 aliphatic rings. The summed E-state index contributed by atoms with van der Waals surface area (Å²) < 4.78 is 16.4. The number of carbonyl (C=O) groups is 3. The van der Waals surface area contributed by atoms with Gasteiger partial charge < -0.3 is 19.5 Å². The topological polar surface area (TPSA) is 115 Å². The molecule has 0 aliphatic heterocycles. The normalized spacial score (nSPS) is 13.0. The van der Waals surface area contributed by atoms with Crippen LogP contribution in [0.2, 0.25) is 0 Å². The summed E-state index contributed by atoms with van der Waals surface area (Å²) in [6.45, 7) is 5.48. The summed E-state index contributed by atoms with van der Waals surface area (Å²) in [4.78, 5) is 37.7. The van der Waals surface area contributed by atoms with Crippen LogP contribution >= 0.6 is 0 Å². The first-order chi connectivity index (χ1) is 18.7. The number of hydrazine groups is 1. The predicted octanol–water partition coefficient (Wildman–Crippen LogP) is 4.67. The minimum absolute atomic E-state index is 0.0388. The average Bonchev–Trinajstić information content (AvgIpc) is 3.25. The first-order valence-corrected chi connectivity index (χ1v) is 12.7. The van der Waals surface area contributed by atoms with Gasteiger partial charge in [-0.3, -0.25) is 10.2 Å². The second-order valence-corrected chi connectivity index (χ2v) is 10.1. The van der Waals surface area contributed by atoms with E-state index in [1.807, 2.05) is 87.5 Å². The van der Waals surface area contributed by atoms with E-state index in [0.717, 1.165) is 27.8 Å². The third-order valence-corrected chi connectivity index (χ3v) is 6.14. The lowest BCUT2D eigenvalue weighted by Crippen LogP contribution is -2.54. The van der Waals surface area contributed by atoms with Crippen molar-refractivity contribution >= 4 is 18.1 Å². The molecule has 0 aromatic heterocycles. The van der Waals surface area contributed by atoms with Gasteiger partial charge in [0.2, 0.25) is 0 Å². The number of benzene rings is 3. The highest BCUT2D eigenvalue weighted by Gasteiger charge is 2.30. The smallest absolute Gasteiger partial charge is 0.426 e. The average molecular weight is 532 g/mol. The van der Waals surface area contributed by atoms with Crippen molar-refractivity contribution in [3.05, 3.63) is 95.6 Å². The summed E-state index contributed by atoms with van der Waals surface area (Å²) in [5, 5.41) is 2.55. The molecule has 0 unspecified atom stereocenters. The molecular formula is C30H33N3O6. The molecule has 204 valence electrons. The fourth-order valence-corrected chi connectivity index (χ4v) is 4.26. The van der Waals surface area contributed by atoms with Gasteiger partial charge in [-0.1, -0.05) is 78.9 Å². The van der Waals surface area contributed by atoms with E-state index < -0.39 is 29.7 Å². The van der Waals surface area contributed by atoms with E-state index >= 15 is 0 Å². The van der Waals surface area contributed by atoms with Crippen molar-refractivity contribution in [1.82, 2.24) is 16.2 Å². The molecule has 39 heavy (non-hydrogen) atoms. The van der Waals surface area contributed by atoms with Gasteiger partial charge in [0.05, 0.1) is 12.2 Å². The van der Waals surface area contributed by atoms with Crippen LogP contribution in [0.1, 0.15) is 43.4 Å². The maximum atomic E-state index is 12.8. The number of carbonyl (C=O) groups excluding carboxylic acids is 3. The van der Waals surface area contributed by atoms with E-state index in [1.165, 1.54) is 0 Å². The molecule has 0 fully saturated rings. The summed E-state index contributed by atoms with van der Waals surface area (Å²) >= 11 is 0. The number of hydrogen-bond acceptors (Lipinski definition) is 6. The molecule has 0 spiro atoms. The molecule has 0 bridgehead atoms. The van der Waals surface area contributed by atoms with Gasteiger partial charge >= 0.3 is 12.2 Å². The van der Waals surface area contributed by atoms with Gasteiger partial charge in [0.15, 0.2) is 0 Å². The molecule has 4 rings (SSSR count). The Labute approximate surface area is 227 Å². The maximum Gasteiger partial charge on any atom is 0.426 e. The number of fused-ring (bicyclic) bond motifs is 3. The van der Waals surface area contributed by atoms with E-state index in [9.17, 15) is 14.4 Å². The fourth-order valence-electron chi connectivity index (χ4n) is 4.26. The molecule has 0 heterocycles. The second-order valence-electron chi connectivity index (χ2n) is 10.1. The zero-order valence-electron chi connectivity index (χ0n) is 22.2. The van der Waals surface area contributed by atoms with E-state index in [0.29, 0.717) is 0 Å². The van der Waals surface area contributed by atoms with Crippen molar-refractivity contribution in [1.29, 1.82) is 0 Å². The Hall–Kier alpha value is -4.37.